The Bertz CT molecular complexity index is 452. The Morgan fingerprint density at radius 1 is 1.25 bits per heavy atom. The summed E-state index contributed by atoms with van der Waals surface area (Å²) in [6.07, 6.45) is 3.55. The van der Waals surface area contributed by atoms with Gasteiger partial charge in [0, 0.05) is 40.9 Å². The third-order valence-electron chi connectivity index (χ3n) is 4.17. The van der Waals surface area contributed by atoms with Crippen LogP contribution in [0.4, 0.5) is 0 Å². The number of hydrogen-bond donors (Lipinski definition) is 2. The SMILES string of the molecule is CCOC(=O)C1CCC(NC(=NC)NCCS(=O)C(C)(C)C)CC1. The number of rotatable bonds is 6. The highest BCUT2D eigenvalue weighted by atomic mass is 32.2. The molecule has 0 radical (unpaired) electrons. The van der Waals surface area contributed by atoms with Gasteiger partial charge in [-0.15, -0.1) is 0 Å². The Labute approximate surface area is 148 Å². The van der Waals surface area contributed by atoms with Crippen LogP contribution in [0.15, 0.2) is 4.99 Å². The molecule has 24 heavy (non-hydrogen) atoms. The van der Waals surface area contributed by atoms with E-state index in [1.54, 1.807) is 7.05 Å². The van der Waals surface area contributed by atoms with Gasteiger partial charge in [-0.05, 0) is 53.4 Å². The van der Waals surface area contributed by atoms with E-state index in [4.69, 9.17) is 4.74 Å². The summed E-state index contributed by atoms with van der Waals surface area (Å²) in [5.41, 5.74) is 0. The summed E-state index contributed by atoms with van der Waals surface area (Å²) in [7, 11) is 0.865. The van der Waals surface area contributed by atoms with E-state index in [0.29, 0.717) is 24.9 Å². The molecular weight excluding hydrogens is 326 g/mol. The highest BCUT2D eigenvalue weighted by Gasteiger charge is 2.27. The van der Waals surface area contributed by atoms with E-state index < -0.39 is 10.8 Å². The van der Waals surface area contributed by atoms with Crippen LogP contribution in [0.2, 0.25) is 0 Å². The molecule has 1 aliphatic carbocycles. The first-order valence-corrected chi connectivity index (χ1v) is 10.1. The highest BCUT2D eigenvalue weighted by Crippen LogP contribution is 2.25. The quantitative estimate of drug-likeness (QED) is 0.430. The van der Waals surface area contributed by atoms with E-state index in [2.05, 4.69) is 15.6 Å². The molecule has 6 nitrogen and oxygen atoms in total. The fourth-order valence-corrected chi connectivity index (χ4v) is 3.59. The predicted molar refractivity (Wildman–Crippen MR) is 99.6 cm³/mol. The second-order valence-corrected chi connectivity index (χ2v) is 9.43. The van der Waals surface area contributed by atoms with Crippen molar-refractivity contribution in [3.05, 3.63) is 0 Å². The molecule has 0 spiro atoms. The maximum Gasteiger partial charge on any atom is 0.308 e. The van der Waals surface area contributed by atoms with Gasteiger partial charge in [-0.1, -0.05) is 0 Å². The minimum absolute atomic E-state index is 0.0344. The standard InChI is InChI=1S/C17H33N3O3S/c1-6-23-15(21)13-7-9-14(10-8-13)20-16(18-5)19-11-12-24(22)17(2,3)4/h13-14H,6-12H2,1-5H3,(H2,18,19,20). The lowest BCUT2D eigenvalue weighted by atomic mass is 9.86. The minimum atomic E-state index is -0.871. The van der Waals surface area contributed by atoms with Crippen molar-refractivity contribution in [2.75, 3.05) is 26.0 Å². The third-order valence-corrected chi connectivity index (χ3v) is 6.12. The molecule has 1 rings (SSSR count). The average molecular weight is 360 g/mol. The Balaban J connectivity index is 2.32. The lowest BCUT2D eigenvalue weighted by Crippen LogP contribution is -2.46. The number of nitrogens with one attached hydrogen (secondary N) is 2. The van der Waals surface area contributed by atoms with E-state index in [-0.39, 0.29) is 16.6 Å². The molecule has 0 heterocycles. The maximum atomic E-state index is 12.0. The average Bonchev–Trinajstić information content (AvgIpc) is 2.53. The molecule has 0 aromatic heterocycles. The molecule has 0 saturated heterocycles. The maximum absolute atomic E-state index is 12.0. The normalized spacial score (nSPS) is 23.5. The van der Waals surface area contributed by atoms with Gasteiger partial charge in [-0.25, -0.2) is 0 Å². The summed E-state index contributed by atoms with van der Waals surface area (Å²) in [6.45, 7) is 8.87. The van der Waals surface area contributed by atoms with Crippen LogP contribution < -0.4 is 10.6 Å². The Morgan fingerprint density at radius 2 is 1.88 bits per heavy atom. The third kappa shape index (κ3) is 7.20. The molecular formula is C17H33N3O3S. The summed E-state index contributed by atoms with van der Waals surface area (Å²) < 4.78 is 17.0. The van der Waals surface area contributed by atoms with Crippen LogP contribution in [0, 0.1) is 5.92 Å². The van der Waals surface area contributed by atoms with E-state index in [9.17, 15) is 9.00 Å². The molecule has 140 valence electrons. The fraction of sp³-hybridized carbons (Fsp3) is 0.882. The number of ether oxygens (including phenoxy) is 1. The first-order valence-electron chi connectivity index (χ1n) is 8.80. The summed E-state index contributed by atoms with van der Waals surface area (Å²) in [6, 6.07) is 0.315. The summed E-state index contributed by atoms with van der Waals surface area (Å²) in [4.78, 5) is 16.0. The van der Waals surface area contributed by atoms with Gasteiger partial charge < -0.3 is 15.4 Å². The molecule has 1 atom stereocenters. The lowest BCUT2D eigenvalue weighted by Gasteiger charge is -2.29. The van der Waals surface area contributed by atoms with Gasteiger partial charge in [-0.3, -0.25) is 14.0 Å². The predicted octanol–water partition coefficient (Wildman–Crippen LogP) is 1.82. The molecule has 0 aliphatic heterocycles. The van der Waals surface area contributed by atoms with Crippen molar-refractivity contribution in [2.24, 2.45) is 10.9 Å². The molecule has 1 aliphatic rings. The van der Waals surface area contributed by atoms with Crippen LogP contribution in [0.1, 0.15) is 53.4 Å². The number of guanidine groups is 1. The van der Waals surface area contributed by atoms with Gasteiger partial charge in [0.1, 0.15) is 0 Å². The zero-order chi connectivity index (χ0) is 18.2. The van der Waals surface area contributed by atoms with Crippen LogP contribution in [-0.4, -0.2) is 52.9 Å². The van der Waals surface area contributed by atoms with Crippen molar-refractivity contribution >= 4 is 22.7 Å². The van der Waals surface area contributed by atoms with Crippen molar-refractivity contribution in [3.8, 4) is 0 Å². The molecule has 0 aromatic carbocycles. The molecule has 0 aromatic rings. The van der Waals surface area contributed by atoms with E-state index in [1.165, 1.54) is 0 Å². The molecule has 1 saturated carbocycles. The van der Waals surface area contributed by atoms with Crippen molar-refractivity contribution in [1.29, 1.82) is 0 Å². The number of aliphatic imine (C=N–C) groups is 1. The van der Waals surface area contributed by atoms with Crippen molar-refractivity contribution in [1.82, 2.24) is 10.6 Å². The topological polar surface area (TPSA) is 79.8 Å². The van der Waals surface area contributed by atoms with E-state index >= 15 is 0 Å². The number of hydrogen-bond acceptors (Lipinski definition) is 4. The molecule has 1 fully saturated rings. The minimum Gasteiger partial charge on any atom is -0.466 e. The molecule has 7 heteroatoms. The first kappa shape index (κ1) is 20.9. The van der Waals surface area contributed by atoms with Gasteiger partial charge in [0.15, 0.2) is 5.96 Å². The molecule has 2 N–H and O–H groups in total. The van der Waals surface area contributed by atoms with Crippen LogP contribution in [0.3, 0.4) is 0 Å². The number of carbonyl (C=O) groups excluding carboxylic acids is 1. The van der Waals surface area contributed by atoms with Gasteiger partial charge in [0.05, 0.1) is 12.5 Å². The van der Waals surface area contributed by atoms with E-state index in [1.807, 2.05) is 27.7 Å². The van der Waals surface area contributed by atoms with E-state index in [0.717, 1.165) is 31.6 Å². The van der Waals surface area contributed by atoms with Gasteiger partial charge in [0.2, 0.25) is 0 Å². The second-order valence-electron chi connectivity index (χ2n) is 7.11. The molecule has 1 unspecified atom stereocenters. The van der Waals surface area contributed by atoms with Crippen molar-refractivity contribution in [3.63, 3.8) is 0 Å². The lowest BCUT2D eigenvalue weighted by molar-refractivity contribution is -0.149. The monoisotopic (exact) mass is 359 g/mol. The van der Waals surface area contributed by atoms with Crippen molar-refractivity contribution in [2.45, 2.75) is 64.2 Å². The second kappa shape index (κ2) is 10.0. The first-order chi connectivity index (χ1) is 11.3. The van der Waals surface area contributed by atoms with Crippen LogP contribution in [0.25, 0.3) is 0 Å². The van der Waals surface area contributed by atoms with Crippen molar-refractivity contribution < 1.29 is 13.7 Å². The van der Waals surface area contributed by atoms with Gasteiger partial charge in [-0.2, -0.15) is 0 Å². The Hall–Kier alpha value is -1.11. The summed E-state index contributed by atoms with van der Waals surface area (Å²) in [5.74, 6) is 1.30. The largest absolute Gasteiger partial charge is 0.466 e. The smallest absolute Gasteiger partial charge is 0.308 e. The fourth-order valence-electron chi connectivity index (χ4n) is 2.69. The number of nitrogens with zero attached hydrogens (tertiary/aromatic N) is 1. The van der Waals surface area contributed by atoms with Gasteiger partial charge >= 0.3 is 5.97 Å². The summed E-state index contributed by atoms with van der Waals surface area (Å²) in [5, 5.41) is 6.63. The Morgan fingerprint density at radius 3 is 2.38 bits per heavy atom. The zero-order valence-corrected chi connectivity index (χ0v) is 16.5. The summed E-state index contributed by atoms with van der Waals surface area (Å²) >= 11 is 0. The van der Waals surface area contributed by atoms with Gasteiger partial charge in [0.25, 0.3) is 0 Å². The molecule has 0 amide bonds. The van der Waals surface area contributed by atoms with Crippen LogP contribution >= 0.6 is 0 Å². The van der Waals surface area contributed by atoms with Crippen LogP contribution in [-0.2, 0) is 20.3 Å². The number of carbonyl (C=O) groups is 1. The number of esters is 1. The zero-order valence-electron chi connectivity index (χ0n) is 15.7. The Kier molecular flexibility index (Phi) is 8.73. The highest BCUT2D eigenvalue weighted by molar-refractivity contribution is 7.86. The van der Waals surface area contributed by atoms with Crippen LogP contribution in [0.5, 0.6) is 0 Å². The molecule has 0 bridgehead atoms.